The largest absolute Gasteiger partial charge is 0.457 e. The molecule has 9 heteroatoms. The molecular weight excluding hydrogens is 516 g/mol. The summed E-state index contributed by atoms with van der Waals surface area (Å²) in [6, 6.07) is 17.3. The number of piperidine rings is 1. The summed E-state index contributed by atoms with van der Waals surface area (Å²) in [5.41, 5.74) is 2.52. The summed E-state index contributed by atoms with van der Waals surface area (Å²) in [5, 5.41) is 17.0. The number of benzene rings is 2. The number of anilines is 1. The number of nitrogens with zero attached hydrogens (tertiary/aromatic N) is 4. The molecule has 3 aromatic rings. The van der Waals surface area contributed by atoms with Crippen molar-refractivity contribution >= 4 is 17.4 Å². The molecule has 4 rings (SSSR count). The van der Waals surface area contributed by atoms with Gasteiger partial charge < -0.3 is 30.0 Å². The van der Waals surface area contributed by atoms with E-state index in [4.69, 9.17) is 20.0 Å². The van der Waals surface area contributed by atoms with E-state index in [1.807, 2.05) is 84.4 Å². The zero-order chi connectivity index (χ0) is 29.2. The summed E-state index contributed by atoms with van der Waals surface area (Å²) in [7, 11) is 5.52. The molecule has 2 aromatic carbocycles. The first-order valence-corrected chi connectivity index (χ1v) is 13.9. The summed E-state index contributed by atoms with van der Waals surface area (Å²) in [4.78, 5) is 17.0. The van der Waals surface area contributed by atoms with Crippen molar-refractivity contribution in [3.8, 4) is 22.8 Å². The molecule has 2 N–H and O–H groups in total. The highest BCUT2D eigenvalue weighted by molar-refractivity contribution is 6.13. The average molecular weight is 557 g/mol. The lowest BCUT2D eigenvalue weighted by Gasteiger charge is -2.33. The third-order valence-electron chi connectivity index (χ3n) is 7.14. The number of carbonyl (C=O) groups excluding carboxylic acids is 1. The topological polar surface area (TPSA) is 95.7 Å². The van der Waals surface area contributed by atoms with Crippen molar-refractivity contribution < 1.29 is 14.3 Å². The summed E-state index contributed by atoms with van der Waals surface area (Å²) in [6.07, 6.45) is 6.85. The molecule has 1 fully saturated rings. The van der Waals surface area contributed by atoms with Crippen molar-refractivity contribution in [1.29, 1.82) is 5.41 Å². The molecule has 0 saturated carbocycles. The van der Waals surface area contributed by atoms with Crippen molar-refractivity contribution in [2.45, 2.75) is 18.9 Å². The fraction of sp³-hybridized carbons (Fsp3) is 0.344. The van der Waals surface area contributed by atoms with E-state index in [-0.39, 0.29) is 17.7 Å². The third kappa shape index (κ3) is 7.50. The smallest absolute Gasteiger partial charge is 0.246 e. The second-order valence-corrected chi connectivity index (χ2v) is 10.1. The van der Waals surface area contributed by atoms with E-state index in [2.05, 4.69) is 16.8 Å². The number of hydrogen-bond acceptors (Lipinski definition) is 7. The number of carbonyl (C=O) groups is 1. The van der Waals surface area contributed by atoms with E-state index in [0.717, 1.165) is 36.5 Å². The number of hydrogen-bond donors (Lipinski definition) is 2. The predicted octanol–water partition coefficient (Wildman–Crippen LogP) is 5.24. The Hall–Kier alpha value is -4.21. The van der Waals surface area contributed by atoms with Crippen LogP contribution in [0.3, 0.4) is 0 Å². The van der Waals surface area contributed by atoms with Crippen LogP contribution in [0.2, 0.25) is 0 Å². The van der Waals surface area contributed by atoms with Gasteiger partial charge in [-0.15, -0.1) is 0 Å². The summed E-state index contributed by atoms with van der Waals surface area (Å²) in [6.45, 7) is 7.24. The Balaban J connectivity index is 1.55. The lowest BCUT2D eigenvalue weighted by molar-refractivity contribution is -0.127. The van der Waals surface area contributed by atoms with Crippen LogP contribution in [0.15, 0.2) is 79.4 Å². The molecule has 41 heavy (non-hydrogen) atoms. The maximum atomic E-state index is 13.0. The SMILES string of the molecule is C=CC(=N)c1c(-c2ccc(Oc3ccccc3)cc2)nn(C2CCCN(C(=O)C=CCN(C)CCOC)C2)c1NC. The van der Waals surface area contributed by atoms with E-state index in [1.54, 1.807) is 13.2 Å². The van der Waals surface area contributed by atoms with E-state index in [0.29, 0.717) is 43.2 Å². The molecule has 0 aliphatic carbocycles. The minimum Gasteiger partial charge on any atom is -0.457 e. The lowest BCUT2D eigenvalue weighted by Crippen LogP contribution is -2.40. The van der Waals surface area contributed by atoms with Crippen molar-refractivity contribution in [3.05, 3.63) is 85.0 Å². The first-order chi connectivity index (χ1) is 19.9. The zero-order valence-corrected chi connectivity index (χ0v) is 24.2. The summed E-state index contributed by atoms with van der Waals surface area (Å²) >= 11 is 0. The minimum absolute atomic E-state index is 0.00120. The number of rotatable bonds is 13. The predicted molar refractivity (Wildman–Crippen MR) is 164 cm³/mol. The third-order valence-corrected chi connectivity index (χ3v) is 7.14. The quantitative estimate of drug-likeness (QED) is 0.221. The van der Waals surface area contributed by atoms with Crippen LogP contribution in [0.1, 0.15) is 24.4 Å². The number of likely N-dealkylation sites (tertiary alicyclic amines) is 1. The van der Waals surface area contributed by atoms with Crippen LogP contribution >= 0.6 is 0 Å². The maximum absolute atomic E-state index is 13.0. The van der Waals surface area contributed by atoms with Crippen molar-refractivity contribution in [2.24, 2.45) is 0 Å². The van der Waals surface area contributed by atoms with E-state index >= 15 is 0 Å². The highest BCUT2D eigenvalue weighted by atomic mass is 16.5. The van der Waals surface area contributed by atoms with Crippen LogP contribution in [-0.4, -0.2) is 85.2 Å². The van der Waals surface area contributed by atoms with Gasteiger partial charge in [-0.3, -0.25) is 4.79 Å². The Kier molecular flexibility index (Phi) is 10.5. The van der Waals surface area contributed by atoms with Gasteiger partial charge in [0.15, 0.2) is 0 Å². The summed E-state index contributed by atoms with van der Waals surface area (Å²) in [5.74, 6) is 2.22. The Morgan fingerprint density at radius 2 is 1.93 bits per heavy atom. The first kappa shape index (κ1) is 29.8. The molecule has 1 aliphatic heterocycles. The Labute approximate surface area is 242 Å². The van der Waals surface area contributed by atoms with Crippen molar-refractivity contribution in [3.63, 3.8) is 0 Å². The van der Waals surface area contributed by atoms with Crippen LogP contribution in [0, 0.1) is 5.41 Å². The van der Waals surface area contributed by atoms with E-state index in [1.165, 1.54) is 6.08 Å². The van der Waals surface area contributed by atoms with Gasteiger partial charge in [-0.1, -0.05) is 30.9 Å². The van der Waals surface area contributed by atoms with Gasteiger partial charge in [-0.05, 0) is 62.4 Å². The molecule has 0 spiro atoms. The van der Waals surface area contributed by atoms with Gasteiger partial charge in [0, 0.05) is 52.0 Å². The van der Waals surface area contributed by atoms with Gasteiger partial charge in [0.1, 0.15) is 23.0 Å². The molecule has 1 aromatic heterocycles. The number of aromatic nitrogens is 2. The van der Waals surface area contributed by atoms with Gasteiger partial charge >= 0.3 is 0 Å². The number of methoxy groups -OCH3 is 1. The average Bonchev–Trinajstić information content (AvgIpc) is 3.40. The van der Waals surface area contributed by atoms with Gasteiger partial charge in [-0.25, -0.2) is 4.68 Å². The zero-order valence-electron chi connectivity index (χ0n) is 24.2. The van der Waals surface area contributed by atoms with Gasteiger partial charge in [0.05, 0.1) is 23.9 Å². The van der Waals surface area contributed by atoms with Crippen molar-refractivity contribution in [2.75, 3.05) is 59.3 Å². The van der Waals surface area contributed by atoms with Gasteiger partial charge in [0.25, 0.3) is 0 Å². The second-order valence-electron chi connectivity index (χ2n) is 10.1. The molecule has 9 nitrogen and oxygen atoms in total. The summed E-state index contributed by atoms with van der Waals surface area (Å²) < 4.78 is 13.0. The van der Waals surface area contributed by atoms with E-state index in [9.17, 15) is 4.79 Å². The molecule has 0 bridgehead atoms. The Morgan fingerprint density at radius 1 is 1.20 bits per heavy atom. The Bertz CT molecular complexity index is 1350. The molecule has 1 atom stereocenters. The van der Waals surface area contributed by atoms with Gasteiger partial charge in [0.2, 0.25) is 5.91 Å². The molecular formula is C32H40N6O3. The minimum atomic E-state index is -0.0290. The fourth-order valence-electron chi connectivity index (χ4n) is 4.93. The van der Waals surface area contributed by atoms with Crippen LogP contribution < -0.4 is 10.1 Å². The van der Waals surface area contributed by atoms with Crippen LogP contribution in [0.25, 0.3) is 11.3 Å². The second kappa shape index (κ2) is 14.4. The molecule has 1 unspecified atom stereocenters. The number of allylic oxidation sites excluding steroid dienone is 1. The molecule has 1 aliphatic rings. The van der Waals surface area contributed by atoms with Gasteiger partial charge in [-0.2, -0.15) is 5.10 Å². The molecule has 1 saturated heterocycles. The molecule has 0 radical (unpaired) electrons. The first-order valence-electron chi connectivity index (χ1n) is 13.9. The number of likely N-dealkylation sites (N-methyl/N-ethyl adjacent to an activating group) is 1. The number of ether oxygens (including phenoxy) is 2. The molecule has 216 valence electrons. The number of para-hydroxylation sites is 1. The highest BCUT2D eigenvalue weighted by Gasteiger charge is 2.29. The standard InChI is InChI=1S/C32H40N6O3/c1-5-28(33)30-31(24-15-17-27(18-16-24)41-26-12-7-6-8-13-26)35-38(32(30)34-2)25-11-9-20-37(23-25)29(39)14-10-19-36(3)21-22-40-4/h5-8,10,12-18,25,33-34H,1,9,11,19-23H2,2-4H3. The van der Waals surface area contributed by atoms with E-state index < -0.39 is 0 Å². The van der Waals surface area contributed by atoms with Crippen LogP contribution in [0.4, 0.5) is 5.82 Å². The highest BCUT2D eigenvalue weighted by Crippen LogP contribution is 2.35. The lowest BCUT2D eigenvalue weighted by atomic mass is 10.0. The molecule has 1 amide bonds. The number of amides is 1. The number of nitrogens with one attached hydrogen (secondary N) is 2. The molecule has 2 heterocycles. The monoisotopic (exact) mass is 556 g/mol. The van der Waals surface area contributed by atoms with Crippen LogP contribution in [-0.2, 0) is 9.53 Å². The van der Waals surface area contributed by atoms with Crippen LogP contribution in [0.5, 0.6) is 11.5 Å². The van der Waals surface area contributed by atoms with Crippen molar-refractivity contribution in [1.82, 2.24) is 19.6 Å². The Morgan fingerprint density at radius 3 is 2.61 bits per heavy atom. The fourth-order valence-corrected chi connectivity index (χ4v) is 4.93. The maximum Gasteiger partial charge on any atom is 0.246 e. The normalized spacial score (nSPS) is 15.3.